The van der Waals surface area contributed by atoms with Crippen molar-refractivity contribution in [3.8, 4) is 17.1 Å². The number of para-hydroxylation sites is 1. The molecule has 0 atom stereocenters. The number of nitrogens with zero attached hydrogens (tertiary/aromatic N) is 6. The van der Waals surface area contributed by atoms with Gasteiger partial charge in [0.05, 0.1) is 29.3 Å². The van der Waals surface area contributed by atoms with E-state index in [-0.39, 0.29) is 17.9 Å². The molecule has 0 bridgehead atoms. The van der Waals surface area contributed by atoms with E-state index >= 15 is 0 Å². The van der Waals surface area contributed by atoms with Crippen molar-refractivity contribution in [2.75, 3.05) is 0 Å². The number of aromatic nitrogens is 6. The predicted octanol–water partition coefficient (Wildman–Crippen LogP) is 1.87. The van der Waals surface area contributed by atoms with E-state index in [4.69, 9.17) is 4.74 Å². The third-order valence-electron chi connectivity index (χ3n) is 4.01. The molecule has 27 heavy (non-hydrogen) atoms. The molecule has 0 fully saturated rings. The predicted molar refractivity (Wildman–Crippen MR) is 94.5 cm³/mol. The van der Waals surface area contributed by atoms with Gasteiger partial charge >= 0.3 is 5.69 Å². The Balaban J connectivity index is 1.60. The van der Waals surface area contributed by atoms with Gasteiger partial charge in [-0.05, 0) is 34.7 Å². The summed E-state index contributed by atoms with van der Waals surface area (Å²) in [5, 5.41) is 11.7. The number of benzene rings is 2. The third-order valence-corrected chi connectivity index (χ3v) is 4.01. The van der Waals surface area contributed by atoms with Gasteiger partial charge in [0, 0.05) is 7.05 Å². The normalized spacial score (nSPS) is 10.9. The molecule has 2 aromatic heterocycles. The Morgan fingerprint density at radius 1 is 1.07 bits per heavy atom. The van der Waals surface area contributed by atoms with Gasteiger partial charge in [-0.3, -0.25) is 0 Å². The summed E-state index contributed by atoms with van der Waals surface area (Å²) in [5.41, 5.74) is 0.889. The molecule has 2 heterocycles. The van der Waals surface area contributed by atoms with Crippen LogP contribution in [0.4, 0.5) is 4.39 Å². The minimum atomic E-state index is -0.500. The molecule has 4 aromatic rings. The lowest BCUT2D eigenvalue weighted by molar-refractivity contribution is 0.299. The van der Waals surface area contributed by atoms with E-state index in [1.54, 1.807) is 23.1 Å². The van der Waals surface area contributed by atoms with Crippen LogP contribution in [0.15, 0.2) is 65.7 Å². The maximum atomic E-state index is 14.4. The van der Waals surface area contributed by atoms with E-state index in [0.29, 0.717) is 5.75 Å². The number of hydrogen-bond donors (Lipinski definition) is 0. The second-order valence-corrected chi connectivity index (χ2v) is 5.78. The highest BCUT2D eigenvalue weighted by Gasteiger charge is 2.15. The van der Waals surface area contributed by atoms with Gasteiger partial charge < -0.3 is 4.74 Å². The maximum Gasteiger partial charge on any atom is 0.368 e. The SMILES string of the molecule is Cn1nnn(-c2cccc(F)c2COc2cnn(-c3ccccc3)c2)c1=O. The average Bonchev–Trinajstić information content (AvgIpc) is 3.29. The largest absolute Gasteiger partial charge is 0.485 e. The van der Waals surface area contributed by atoms with Crippen LogP contribution in [0.1, 0.15) is 5.56 Å². The highest BCUT2D eigenvalue weighted by Crippen LogP contribution is 2.20. The summed E-state index contributed by atoms with van der Waals surface area (Å²) in [6, 6.07) is 13.9. The smallest absolute Gasteiger partial charge is 0.368 e. The van der Waals surface area contributed by atoms with Gasteiger partial charge in [0.1, 0.15) is 12.4 Å². The van der Waals surface area contributed by atoms with Crippen LogP contribution in [0.3, 0.4) is 0 Å². The summed E-state index contributed by atoms with van der Waals surface area (Å²) in [6.07, 6.45) is 3.24. The van der Waals surface area contributed by atoms with Crippen LogP contribution in [-0.4, -0.2) is 29.6 Å². The fourth-order valence-electron chi connectivity index (χ4n) is 2.61. The van der Waals surface area contributed by atoms with Crippen molar-refractivity contribution in [3.05, 3.63) is 82.8 Å². The average molecular weight is 366 g/mol. The minimum Gasteiger partial charge on any atom is -0.485 e. The Labute approximate surface area is 153 Å². The zero-order valence-electron chi connectivity index (χ0n) is 14.4. The first kappa shape index (κ1) is 16.7. The fraction of sp³-hybridized carbons (Fsp3) is 0.111. The Morgan fingerprint density at radius 3 is 2.63 bits per heavy atom. The first-order valence-electron chi connectivity index (χ1n) is 8.13. The number of hydrogen-bond acceptors (Lipinski definition) is 5. The Bertz CT molecular complexity index is 1130. The summed E-state index contributed by atoms with van der Waals surface area (Å²) in [6.45, 7) is -0.0918. The highest BCUT2D eigenvalue weighted by molar-refractivity contribution is 5.41. The van der Waals surface area contributed by atoms with Crippen LogP contribution in [0.25, 0.3) is 11.4 Å². The minimum absolute atomic E-state index is 0.0918. The van der Waals surface area contributed by atoms with Gasteiger partial charge in [-0.25, -0.2) is 13.9 Å². The van der Waals surface area contributed by atoms with Crippen LogP contribution in [-0.2, 0) is 13.7 Å². The van der Waals surface area contributed by atoms with Crippen molar-refractivity contribution in [3.63, 3.8) is 0 Å². The first-order chi connectivity index (χ1) is 13.1. The van der Waals surface area contributed by atoms with Gasteiger partial charge in [0.2, 0.25) is 0 Å². The summed E-state index contributed by atoms with van der Waals surface area (Å²) >= 11 is 0. The van der Waals surface area contributed by atoms with Crippen molar-refractivity contribution < 1.29 is 9.13 Å². The molecule has 0 amide bonds. The monoisotopic (exact) mass is 366 g/mol. The Morgan fingerprint density at radius 2 is 1.89 bits per heavy atom. The summed E-state index contributed by atoms with van der Waals surface area (Å²) < 4.78 is 23.8. The molecule has 0 aliphatic carbocycles. The quantitative estimate of drug-likeness (QED) is 0.539. The second kappa shape index (κ2) is 6.87. The Kier molecular flexibility index (Phi) is 4.25. The van der Waals surface area contributed by atoms with Crippen molar-refractivity contribution in [2.45, 2.75) is 6.61 Å². The summed E-state index contributed by atoms with van der Waals surface area (Å²) in [7, 11) is 1.47. The standard InChI is InChI=1S/C18H15FN6O2/c1-23-18(26)25(22-21-23)17-9-5-8-16(19)15(17)12-27-14-10-20-24(11-14)13-6-3-2-4-7-13/h2-11H,12H2,1H3. The molecule has 0 radical (unpaired) electrons. The number of aryl methyl sites for hydroxylation is 1. The Hall–Kier alpha value is -3.75. The first-order valence-corrected chi connectivity index (χ1v) is 8.13. The lowest BCUT2D eigenvalue weighted by atomic mass is 10.2. The summed E-state index contributed by atoms with van der Waals surface area (Å²) in [4.78, 5) is 12.1. The van der Waals surface area contributed by atoms with Gasteiger partial charge in [-0.15, -0.1) is 0 Å². The van der Waals surface area contributed by atoms with Gasteiger partial charge in [0.15, 0.2) is 5.75 Å². The van der Waals surface area contributed by atoms with Crippen LogP contribution in [0.2, 0.25) is 0 Å². The molecular formula is C18H15FN6O2. The van der Waals surface area contributed by atoms with E-state index in [1.807, 2.05) is 30.3 Å². The zero-order valence-corrected chi connectivity index (χ0v) is 14.4. The zero-order chi connectivity index (χ0) is 18.8. The molecule has 2 aromatic carbocycles. The molecule has 0 N–H and O–H groups in total. The van der Waals surface area contributed by atoms with Crippen molar-refractivity contribution in [2.24, 2.45) is 7.05 Å². The number of rotatable bonds is 5. The van der Waals surface area contributed by atoms with Crippen LogP contribution in [0, 0.1) is 5.82 Å². The second-order valence-electron chi connectivity index (χ2n) is 5.78. The van der Waals surface area contributed by atoms with Gasteiger partial charge in [0.25, 0.3) is 0 Å². The maximum absolute atomic E-state index is 14.4. The number of tetrazole rings is 1. The van der Waals surface area contributed by atoms with E-state index in [2.05, 4.69) is 15.5 Å². The molecule has 0 saturated carbocycles. The van der Waals surface area contributed by atoms with Gasteiger partial charge in [-0.1, -0.05) is 24.3 Å². The number of halogens is 1. The van der Waals surface area contributed by atoms with Crippen LogP contribution in [0.5, 0.6) is 5.75 Å². The van der Waals surface area contributed by atoms with Crippen LogP contribution >= 0.6 is 0 Å². The lowest BCUT2D eigenvalue weighted by Gasteiger charge is -2.10. The molecule has 0 aliphatic heterocycles. The van der Waals surface area contributed by atoms with Crippen molar-refractivity contribution >= 4 is 0 Å². The van der Waals surface area contributed by atoms with Crippen LogP contribution < -0.4 is 10.4 Å². The molecule has 0 unspecified atom stereocenters. The molecular weight excluding hydrogens is 351 g/mol. The molecule has 0 aliphatic rings. The van der Waals surface area contributed by atoms with E-state index in [0.717, 1.165) is 15.1 Å². The molecule has 4 rings (SSSR count). The van der Waals surface area contributed by atoms with E-state index in [9.17, 15) is 9.18 Å². The fourth-order valence-corrected chi connectivity index (χ4v) is 2.61. The number of ether oxygens (including phenoxy) is 1. The van der Waals surface area contributed by atoms with Crippen molar-refractivity contribution in [1.29, 1.82) is 0 Å². The molecule has 0 saturated heterocycles. The summed E-state index contributed by atoms with van der Waals surface area (Å²) in [5.74, 6) is -0.0277. The third kappa shape index (κ3) is 3.22. The van der Waals surface area contributed by atoms with Gasteiger partial charge in [-0.2, -0.15) is 14.5 Å². The lowest BCUT2D eigenvalue weighted by Crippen LogP contribution is -2.23. The highest BCUT2D eigenvalue weighted by atomic mass is 19.1. The van der Waals surface area contributed by atoms with Crippen molar-refractivity contribution in [1.82, 2.24) is 29.6 Å². The van der Waals surface area contributed by atoms with E-state index in [1.165, 1.54) is 19.2 Å². The van der Waals surface area contributed by atoms with E-state index < -0.39 is 11.5 Å². The molecule has 8 nitrogen and oxygen atoms in total. The topological polar surface area (TPSA) is 79.8 Å². The molecule has 0 spiro atoms. The molecule has 136 valence electrons. The molecule has 9 heteroatoms.